The molecule has 1 N–H and O–H groups in total. The monoisotopic (exact) mass is 452 g/mol. The highest BCUT2D eigenvalue weighted by Crippen LogP contribution is 2.36. The minimum Gasteiger partial charge on any atom is -0.493 e. The van der Waals surface area contributed by atoms with Crippen LogP contribution in [0.2, 0.25) is 0 Å². The third-order valence-corrected chi connectivity index (χ3v) is 3.85. The smallest absolute Gasteiger partial charge is 0.344 e. The van der Waals surface area contributed by atoms with Crippen molar-refractivity contribution in [2.24, 2.45) is 5.10 Å². The number of ether oxygens (including phenoxy) is 3. The summed E-state index contributed by atoms with van der Waals surface area (Å²) in [7, 11) is 1.45. The topological polar surface area (TPSA) is 125 Å². The van der Waals surface area contributed by atoms with Crippen LogP contribution in [0.5, 0.6) is 11.5 Å². The minimum absolute atomic E-state index is 0.0178. The van der Waals surface area contributed by atoms with Crippen molar-refractivity contribution in [1.82, 2.24) is 4.98 Å². The second kappa shape index (κ2) is 10.2. The van der Waals surface area contributed by atoms with Crippen LogP contribution in [-0.4, -0.2) is 42.4 Å². The van der Waals surface area contributed by atoms with Gasteiger partial charge < -0.3 is 14.2 Å². The van der Waals surface area contributed by atoms with Crippen LogP contribution in [0, 0.1) is 10.1 Å². The number of esters is 1. The Morgan fingerprint density at radius 2 is 2.25 bits per heavy atom. The van der Waals surface area contributed by atoms with Crippen LogP contribution in [0.3, 0.4) is 0 Å². The standard InChI is InChI=1S/C17H17BrN4O6/c1-3-27-15(23)10-28-16-12(18)7-11(8-14(16)26-2)9-20-21-17-13(22(24)25)5-4-6-19-17/h4-9H,3,10H2,1-2H3,(H,19,21)/b20-9-. The number of hydrogen-bond donors (Lipinski definition) is 1. The zero-order valence-corrected chi connectivity index (χ0v) is 16.6. The maximum atomic E-state index is 11.5. The fraction of sp³-hybridized carbons (Fsp3) is 0.235. The Morgan fingerprint density at radius 3 is 2.93 bits per heavy atom. The molecule has 2 rings (SSSR count). The zero-order chi connectivity index (χ0) is 20.5. The highest BCUT2D eigenvalue weighted by atomic mass is 79.9. The van der Waals surface area contributed by atoms with E-state index in [1.807, 2.05) is 0 Å². The van der Waals surface area contributed by atoms with Crippen molar-refractivity contribution in [3.05, 3.63) is 50.6 Å². The van der Waals surface area contributed by atoms with Gasteiger partial charge in [-0.15, -0.1) is 0 Å². The SMILES string of the molecule is CCOC(=O)COc1c(Br)cc(/C=N\Nc2ncccc2[N+](=O)[O-])cc1OC. The minimum atomic E-state index is -0.555. The molecule has 1 aromatic heterocycles. The van der Waals surface area contributed by atoms with E-state index in [1.165, 1.54) is 31.7 Å². The third-order valence-electron chi connectivity index (χ3n) is 3.26. The first kappa shape index (κ1) is 21.1. The second-order valence-corrected chi connectivity index (χ2v) is 5.98. The van der Waals surface area contributed by atoms with Crippen molar-refractivity contribution in [2.75, 3.05) is 25.7 Å². The summed E-state index contributed by atoms with van der Waals surface area (Å²) in [6.45, 7) is 1.70. The molecule has 0 fully saturated rings. The Bertz CT molecular complexity index is 890. The zero-order valence-electron chi connectivity index (χ0n) is 15.0. The lowest BCUT2D eigenvalue weighted by atomic mass is 10.2. The summed E-state index contributed by atoms with van der Waals surface area (Å²) >= 11 is 3.35. The van der Waals surface area contributed by atoms with Gasteiger partial charge in [0.25, 0.3) is 0 Å². The maximum Gasteiger partial charge on any atom is 0.344 e. The number of benzene rings is 1. The molecule has 0 atom stereocenters. The number of pyridine rings is 1. The highest BCUT2D eigenvalue weighted by Gasteiger charge is 2.15. The molecule has 0 bridgehead atoms. The predicted octanol–water partition coefficient (Wildman–Crippen LogP) is 3.15. The normalized spacial score (nSPS) is 10.5. The molecule has 0 aliphatic rings. The van der Waals surface area contributed by atoms with Gasteiger partial charge in [0, 0.05) is 12.3 Å². The van der Waals surface area contributed by atoms with Gasteiger partial charge in [-0.2, -0.15) is 5.10 Å². The Hall–Kier alpha value is -3.21. The number of anilines is 1. The molecule has 0 aliphatic heterocycles. The van der Waals surface area contributed by atoms with E-state index in [4.69, 9.17) is 14.2 Å². The Kier molecular flexibility index (Phi) is 7.69. The molecule has 10 nitrogen and oxygen atoms in total. The largest absolute Gasteiger partial charge is 0.493 e. The van der Waals surface area contributed by atoms with Crippen molar-refractivity contribution in [3.8, 4) is 11.5 Å². The summed E-state index contributed by atoms with van der Waals surface area (Å²) in [6, 6.07) is 6.09. The Labute approximate surface area is 168 Å². The van der Waals surface area contributed by atoms with E-state index in [-0.39, 0.29) is 24.7 Å². The Balaban J connectivity index is 2.14. The van der Waals surface area contributed by atoms with Gasteiger partial charge in [-0.1, -0.05) is 0 Å². The summed E-state index contributed by atoms with van der Waals surface area (Å²) in [4.78, 5) is 25.8. The number of carbonyl (C=O) groups excluding carboxylic acids is 1. The average Bonchev–Trinajstić information content (AvgIpc) is 2.67. The van der Waals surface area contributed by atoms with E-state index >= 15 is 0 Å². The van der Waals surface area contributed by atoms with Gasteiger partial charge in [-0.25, -0.2) is 9.78 Å². The molecule has 2 aromatic rings. The number of nitrogens with one attached hydrogen (secondary N) is 1. The van der Waals surface area contributed by atoms with Gasteiger partial charge in [0.1, 0.15) is 0 Å². The summed E-state index contributed by atoms with van der Waals surface area (Å²) < 4.78 is 16.1. The molecule has 1 heterocycles. The summed E-state index contributed by atoms with van der Waals surface area (Å²) in [6.07, 6.45) is 2.85. The van der Waals surface area contributed by atoms with Gasteiger partial charge >= 0.3 is 11.7 Å². The van der Waals surface area contributed by atoms with Crippen molar-refractivity contribution >= 4 is 39.6 Å². The molecule has 0 aliphatic carbocycles. The van der Waals surface area contributed by atoms with Crippen LogP contribution in [0.15, 0.2) is 40.0 Å². The summed E-state index contributed by atoms with van der Waals surface area (Å²) in [5.41, 5.74) is 2.95. The highest BCUT2D eigenvalue weighted by molar-refractivity contribution is 9.10. The second-order valence-electron chi connectivity index (χ2n) is 5.13. The van der Waals surface area contributed by atoms with Crippen molar-refractivity contribution in [3.63, 3.8) is 0 Å². The van der Waals surface area contributed by atoms with E-state index < -0.39 is 10.9 Å². The molecule has 0 spiro atoms. The molecular weight excluding hydrogens is 436 g/mol. The lowest BCUT2D eigenvalue weighted by Crippen LogP contribution is -2.15. The van der Waals surface area contributed by atoms with Crippen LogP contribution < -0.4 is 14.9 Å². The van der Waals surface area contributed by atoms with Crippen LogP contribution in [-0.2, 0) is 9.53 Å². The van der Waals surface area contributed by atoms with Gasteiger partial charge in [0.2, 0.25) is 5.82 Å². The number of methoxy groups -OCH3 is 1. The van der Waals surface area contributed by atoms with E-state index in [1.54, 1.807) is 19.1 Å². The molecule has 0 radical (unpaired) electrons. The van der Waals surface area contributed by atoms with Crippen molar-refractivity contribution in [1.29, 1.82) is 0 Å². The lowest BCUT2D eigenvalue weighted by molar-refractivity contribution is -0.384. The number of hydrogen-bond acceptors (Lipinski definition) is 9. The van der Waals surface area contributed by atoms with Gasteiger partial charge in [0.15, 0.2) is 18.1 Å². The number of rotatable bonds is 9. The van der Waals surface area contributed by atoms with E-state index in [0.717, 1.165) is 0 Å². The molecule has 148 valence electrons. The number of carbonyl (C=O) groups is 1. The number of nitro groups is 1. The molecule has 0 saturated carbocycles. The lowest BCUT2D eigenvalue weighted by Gasteiger charge is -2.13. The van der Waals surface area contributed by atoms with E-state index in [2.05, 4.69) is 31.4 Å². The van der Waals surface area contributed by atoms with E-state index in [0.29, 0.717) is 21.5 Å². The predicted molar refractivity (Wildman–Crippen MR) is 105 cm³/mol. The number of hydrazone groups is 1. The van der Waals surface area contributed by atoms with Gasteiger partial charge in [-0.05, 0) is 46.6 Å². The molecule has 0 unspecified atom stereocenters. The molecule has 0 saturated heterocycles. The van der Waals surface area contributed by atoms with Crippen molar-refractivity contribution < 1.29 is 23.9 Å². The van der Waals surface area contributed by atoms with Crippen LogP contribution >= 0.6 is 15.9 Å². The molecule has 0 amide bonds. The molecule has 11 heteroatoms. The molecule has 1 aromatic carbocycles. The Morgan fingerprint density at radius 1 is 1.46 bits per heavy atom. The van der Waals surface area contributed by atoms with E-state index in [9.17, 15) is 14.9 Å². The number of aromatic nitrogens is 1. The number of nitrogens with zero attached hydrogens (tertiary/aromatic N) is 3. The first-order chi connectivity index (χ1) is 13.5. The summed E-state index contributed by atoms with van der Waals surface area (Å²) in [5, 5.41) is 14.9. The maximum absolute atomic E-state index is 11.5. The fourth-order valence-electron chi connectivity index (χ4n) is 2.09. The van der Waals surface area contributed by atoms with Crippen LogP contribution in [0.1, 0.15) is 12.5 Å². The van der Waals surface area contributed by atoms with Gasteiger partial charge in [-0.3, -0.25) is 15.5 Å². The quantitative estimate of drug-likeness (QED) is 0.266. The first-order valence-electron chi connectivity index (χ1n) is 8.00. The molecule has 28 heavy (non-hydrogen) atoms. The van der Waals surface area contributed by atoms with Crippen molar-refractivity contribution in [2.45, 2.75) is 6.92 Å². The average molecular weight is 453 g/mol. The number of halogens is 1. The first-order valence-corrected chi connectivity index (χ1v) is 8.80. The molecular formula is C17H17BrN4O6. The van der Waals surface area contributed by atoms with Crippen LogP contribution in [0.4, 0.5) is 11.5 Å². The fourth-order valence-corrected chi connectivity index (χ4v) is 2.66. The summed E-state index contributed by atoms with van der Waals surface area (Å²) in [5.74, 6) is 0.220. The van der Waals surface area contributed by atoms with Gasteiger partial charge in [0.05, 0.1) is 29.3 Å². The van der Waals surface area contributed by atoms with Crippen LogP contribution in [0.25, 0.3) is 0 Å². The third kappa shape index (κ3) is 5.64.